The molecule has 1 aromatic carbocycles. The van der Waals surface area contributed by atoms with E-state index in [1.807, 2.05) is 0 Å². The van der Waals surface area contributed by atoms with Crippen LogP contribution in [0.4, 0.5) is 5.69 Å². The second-order valence-corrected chi connectivity index (χ2v) is 5.33. The minimum atomic E-state index is -1.03. The lowest BCUT2D eigenvalue weighted by atomic mass is 10.2. The average molecular weight is 361 g/mol. The lowest BCUT2D eigenvalue weighted by Crippen LogP contribution is -2.14. The van der Waals surface area contributed by atoms with Gasteiger partial charge in [0.15, 0.2) is 11.5 Å². The molecule has 0 atom stereocenters. The summed E-state index contributed by atoms with van der Waals surface area (Å²) in [6, 6.07) is 5.28. The molecule has 0 spiro atoms. The molecule has 0 unspecified atom stereocenters. The number of aromatic amines is 1. The normalized spacial score (nSPS) is 10.8. The van der Waals surface area contributed by atoms with Crippen LogP contribution in [0.1, 0.15) is 31.2 Å². The van der Waals surface area contributed by atoms with Crippen molar-refractivity contribution in [2.75, 3.05) is 13.7 Å². The zero-order valence-electron chi connectivity index (χ0n) is 14.4. The molecule has 138 valence electrons. The highest BCUT2D eigenvalue weighted by atomic mass is 16.6. The summed E-state index contributed by atoms with van der Waals surface area (Å²) in [5, 5.41) is 20.2. The van der Waals surface area contributed by atoms with E-state index in [4.69, 9.17) is 9.47 Å². The topological polar surface area (TPSA) is 128 Å². The summed E-state index contributed by atoms with van der Waals surface area (Å²) >= 11 is 0. The quantitative estimate of drug-likeness (QED) is 0.420. The summed E-state index contributed by atoms with van der Waals surface area (Å²) in [6.45, 7) is 2.66. The molecule has 9 heteroatoms. The average Bonchev–Trinajstić information content (AvgIpc) is 2.60. The fraction of sp³-hybridized carbons (Fsp3) is 0.294. The van der Waals surface area contributed by atoms with Crippen LogP contribution >= 0.6 is 0 Å². The monoisotopic (exact) mass is 361 g/mol. The van der Waals surface area contributed by atoms with E-state index >= 15 is 0 Å². The third kappa shape index (κ3) is 4.59. The van der Waals surface area contributed by atoms with E-state index in [0.29, 0.717) is 18.1 Å². The summed E-state index contributed by atoms with van der Waals surface area (Å²) in [5.74, 6) is 0.227. The molecule has 0 bridgehead atoms. The maximum atomic E-state index is 11.6. The van der Waals surface area contributed by atoms with Crippen LogP contribution in [-0.4, -0.2) is 33.7 Å². The Labute approximate surface area is 149 Å². The zero-order valence-corrected chi connectivity index (χ0v) is 14.4. The molecular weight excluding hydrogens is 342 g/mol. The standard InChI is InChI=1S/C17H19N3O6/c1-3-4-9-26-12-7-5-11(10-13(12)25-2)6-8-14-18-16(21)15(20(23)24)17(22)19-14/h5-8,10H,3-4,9H2,1-2H3,(H2,18,19,21,22)/b8-6+. The molecule has 2 N–H and O–H groups in total. The number of benzene rings is 1. The van der Waals surface area contributed by atoms with Crippen molar-refractivity contribution in [3.05, 3.63) is 50.1 Å². The van der Waals surface area contributed by atoms with E-state index in [2.05, 4.69) is 16.9 Å². The van der Waals surface area contributed by atoms with Gasteiger partial charge in [0.2, 0.25) is 0 Å². The van der Waals surface area contributed by atoms with E-state index < -0.39 is 22.0 Å². The Kier molecular flexibility index (Phi) is 6.31. The number of hydrogen-bond donors (Lipinski definition) is 2. The van der Waals surface area contributed by atoms with Gasteiger partial charge in [-0.1, -0.05) is 25.5 Å². The van der Waals surface area contributed by atoms with Gasteiger partial charge in [0, 0.05) is 0 Å². The molecule has 2 aromatic rings. The maximum absolute atomic E-state index is 11.6. The van der Waals surface area contributed by atoms with E-state index in [1.54, 1.807) is 24.3 Å². The number of methoxy groups -OCH3 is 1. The van der Waals surface area contributed by atoms with Crippen molar-refractivity contribution in [1.29, 1.82) is 0 Å². The van der Waals surface area contributed by atoms with Gasteiger partial charge in [-0.25, -0.2) is 0 Å². The fourth-order valence-electron chi connectivity index (χ4n) is 2.12. The first kappa shape index (κ1) is 19.0. The number of H-pyrrole nitrogens is 1. The zero-order chi connectivity index (χ0) is 19.1. The van der Waals surface area contributed by atoms with E-state index in [1.165, 1.54) is 13.2 Å². The van der Waals surface area contributed by atoms with Crippen molar-refractivity contribution in [3.8, 4) is 17.4 Å². The SMILES string of the molecule is CCCCOc1ccc(/C=C/c2nc(O)c([N+](=O)[O-])c(=O)[nH]2)cc1OC. The molecule has 0 saturated carbocycles. The van der Waals surface area contributed by atoms with Crippen molar-refractivity contribution >= 4 is 17.8 Å². The number of hydrogen-bond acceptors (Lipinski definition) is 7. The van der Waals surface area contributed by atoms with Crippen molar-refractivity contribution < 1.29 is 19.5 Å². The molecule has 26 heavy (non-hydrogen) atoms. The van der Waals surface area contributed by atoms with Gasteiger partial charge in [0.25, 0.3) is 5.88 Å². The Morgan fingerprint density at radius 2 is 2.12 bits per heavy atom. The number of unbranched alkanes of at least 4 members (excludes halogenated alkanes) is 1. The lowest BCUT2D eigenvalue weighted by molar-refractivity contribution is -0.387. The van der Waals surface area contributed by atoms with Gasteiger partial charge in [-0.2, -0.15) is 4.98 Å². The third-order valence-electron chi connectivity index (χ3n) is 3.45. The van der Waals surface area contributed by atoms with Crippen LogP contribution < -0.4 is 15.0 Å². The molecular formula is C17H19N3O6. The summed E-state index contributed by atoms with van der Waals surface area (Å²) in [4.78, 5) is 27.1. The summed E-state index contributed by atoms with van der Waals surface area (Å²) in [5.41, 5.74) is -1.29. The van der Waals surface area contributed by atoms with Crippen molar-refractivity contribution in [2.24, 2.45) is 0 Å². The number of aromatic nitrogens is 2. The minimum absolute atomic E-state index is 0.0136. The predicted octanol–water partition coefficient (Wildman–Crippen LogP) is 2.74. The molecule has 0 radical (unpaired) electrons. The van der Waals surface area contributed by atoms with Gasteiger partial charge in [0.1, 0.15) is 5.82 Å². The molecule has 1 heterocycles. The molecule has 9 nitrogen and oxygen atoms in total. The van der Waals surface area contributed by atoms with Crippen LogP contribution in [0.5, 0.6) is 17.4 Å². The number of nitrogens with zero attached hydrogens (tertiary/aromatic N) is 2. The van der Waals surface area contributed by atoms with Gasteiger partial charge in [-0.15, -0.1) is 0 Å². The highest BCUT2D eigenvalue weighted by Gasteiger charge is 2.21. The largest absolute Gasteiger partial charge is 0.493 e. The summed E-state index contributed by atoms with van der Waals surface area (Å²) in [6.07, 6.45) is 4.99. The first-order valence-corrected chi connectivity index (χ1v) is 7.92. The van der Waals surface area contributed by atoms with E-state index in [9.17, 15) is 20.0 Å². The smallest absolute Gasteiger partial charge is 0.395 e. The van der Waals surface area contributed by atoms with E-state index in [0.717, 1.165) is 18.4 Å². The van der Waals surface area contributed by atoms with Gasteiger partial charge < -0.3 is 19.6 Å². The van der Waals surface area contributed by atoms with Crippen LogP contribution in [0.3, 0.4) is 0 Å². The molecule has 0 saturated heterocycles. The van der Waals surface area contributed by atoms with Crippen LogP contribution in [0, 0.1) is 10.1 Å². The second kappa shape index (κ2) is 8.65. The number of nitro groups is 1. The highest BCUT2D eigenvalue weighted by Crippen LogP contribution is 2.29. The van der Waals surface area contributed by atoms with Crippen LogP contribution in [0.25, 0.3) is 12.2 Å². The highest BCUT2D eigenvalue weighted by molar-refractivity contribution is 5.68. The molecule has 0 aliphatic carbocycles. The van der Waals surface area contributed by atoms with Crippen molar-refractivity contribution in [1.82, 2.24) is 9.97 Å². The molecule has 0 fully saturated rings. The Morgan fingerprint density at radius 1 is 1.35 bits per heavy atom. The third-order valence-corrected chi connectivity index (χ3v) is 3.45. The molecule has 2 rings (SSSR count). The van der Waals surface area contributed by atoms with Crippen molar-refractivity contribution in [2.45, 2.75) is 19.8 Å². The number of rotatable bonds is 8. The molecule has 0 aliphatic rings. The Bertz CT molecular complexity index is 875. The van der Waals surface area contributed by atoms with E-state index in [-0.39, 0.29) is 5.82 Å². The van der Waals surface area contributed by atoms with Gasteiger partial charge in [-0.05, 0) is 30.2 Å². The number of aromatic hydroxyl groups is 1. The first-order valence-electron chi connectivity index (χ1n) is 7.92. The lowest BCUT2D eigenvalue weighted by Gasteiger charge is -2.10. The number of nitrogens with one attached hydrogen (secondary N) is 1. The minimum Gasteiger partial charge on any atom is -0.493 e. The summed E-state index contributed by atoms with van der Waals surface area (Å²) < 4.78 is 10.9. The summed E-state index contributed by atoms with van der Waals surface area (Å²) in [7, 11) is 1.53. The molecule has 1 aromatic heterocycles. The number of ether oxygens (including phenoxy) is 2. The molecule has 0 amide bonds. The molecule has 0 aliphatic heterocycles. The Morgan fingerprint density at radius 3 is 2.73 bits per heavy atom. The Balaban J connectivity index is 2.22. The van der Waals surface area contributed by atoms with Crippen LogP contribution in [-0.2, 0) is 0 Å². The van der Waals surface area contributed by atoms with Crippen molar-refractivity contribution in [3.63, 3.8) is 0 Å². The van der Waals surface area contributed by atoms with Gasteiger partial charge in [0.05, 0.1) is 18.6 Å². The fourth-order valence-corrected chi connectivity index (χ4v) is 2.12. The second-order valence-electron chi connectivity index (χ2n) is 5.33. The Hall–Kier alpha value is -3.36. The maximum Gasteiger partial charge on any atom is 0.395 e. The first-order chi connectivity index (χ1) is 12.5. The van der Waals surface area contributed by atoms with Gasteiger partial charge >= 0.3 is 11.2 Å². The van der Waals surface area contributed by atoms with Gasteiger partial charge in [-0.3, -0.25) is 14.9 Å². The predicted molar refractivity (Wildman–Crippen MR) is 95.5 cm³/mol. The van der Waals surface area contributed by atoms with Crippen LogP contribution in [0.15, 0.2) is 23.0 Å². The van der Waals surface area contributed by atoms with Crippen LogP contribution in [0.2, 0.25) is 0 Å².